The first-order valence-corrected chi connectivity index (χ1v) is 8.88. The molecular formula is C18H29N3O4. The first-order valence-electron chi connectivity index (χ1n) is 8.88. The summed E-state index contributed by atoms with van der Waals surface area (Å²) in [6, 6.07) is 0. The van der Waals surface area contributed by atoms with Gasteiger partial charge in [-0.25, -0.2) is 4.98 Å². The summed E-state index contributed by atoms with van der Waals surface area (Å²) < 4.78 is 15.6. The van der Waals surface area contributed by atoms with Gasteiger partial charge in [-0.3, -0.25) is 9.78 Å². The van der Waals surface area contributed by atoms with Gasteiger partial charge < -0.3 is 19.1 Å². The molecule has 0 bridgehead atoms. The van der Waals surface area contributed by atoms with Crippen LogP contribution >= 0.6 is 0 Å². The SMILES string of the molecule is CCOC(=O)C1CCN(c2cncc(CC(COC)COC)n2)CC1. The highest BCUT2D eigenvalue weighted by molar-refractivity contribution is 5.72. The van der Waals surface area contributed by atoms with Crippen molar-refractivity contribution in [1.82, 2.24) is 9.97 Å². The van der Waals surface area contributed by atoms with Crippen LogP contribution in [0.25, 0.3) is 0 Å². The summed E-state index contributed by atoms with van der Waals surface area (Å²) in [4.78, 5) is 23.1. The number of hydrogen-bond acceptors (Lipinski definition) is 7. The molecule has 25 heavy (non-hydrogen) atoms. The fourth-order valence-electron chi connectivity index (χ4n) is 3.18. The minimum Gasteiger partial charge on any atom is -0.466 e. The third-order valence-electron chi connectivity index (χ3n) is 4.41. The van der Waals surface area contributed by atoms with Gasteiger partial charge in [-0.05, 0) is 26.2 Å². The Hall–Kier alpha value is -1.73. The zero-order valence-corrected chi connectivity index (χ0v) is 15.4. The highest BCUT2D eigenvalue weighted by Gasteiger charge is 2.26. The molecule has 140 valence electrons. The lowest BCUT2D eigenvalue weighted by Gasteiger charge is -2.31. The number of methoxy groups -OCH3 is 2. The van der Waals surface area contributed by atoms with Crippen molar-refractivity contribution >= 4 is 11.8 Å². The molecule has 1 saturated heterocycles. The molecule has 0 unspecified atom stereocenters. The molecule has 2 rings (SSSR count). The number of anilines is 1. The average Bonchev–Trinajstić information content (AvgIpc) is 2.63. The molecule has 0 spiro atoms. The van der Waals surface area contributed by atoms with E-state index in [4.69, 9.17) is 19.2 Å². The number of ether oxygens (including phenoxy) is 3. The van der Waals surface area contributed by atoms with E-state index < -0.39 is 0 Å². The van der Waals surface area contributed by atoms with E-state index in [9.17, 15) is 4.79 Å². The van der Waals surface area contributed by atoms with E-state index in [0.29, 0.717) is 19.8 Å². The van der Waals surface area contributed by atoms with Crippen molar-refractivity contribution in [2.24, 2.45) is 11.8 Å². The third-order valence-corrected chi connectivity index (χ3v) is 4.41. The standard InChI is InChI=1S/C18H29N3O4/c1-4-25-18(22)15-5-7-21(8-6-15)17-11-19-10-16(20-17)9-14(12-23-2)13-24-3/h10-11,14-15H,4-9,12-13H2,1-3H3. The van der Waals surface area contributed by atoms with E-state index in [1.807, 2.05) is 6.92 Å². The van der Waals surface area contributed by atoms with E-state index in [-0.39, 0.29) is 17.8 Å². The number of nitrogens with zero attached hydrogens (tertiary/aromatic N) is 3. The minimum atomic E-state index is -0.0797. The lowest BCUT2D eigenvalue weighted by molar-refractivity contribution is -0.148. The first-order chi connectivity index (χ1) is 12.2. The van der Waals surface area contributed by atoms with Gasteiger partial charge in [0.1, 0.15) is 5.82 Å². The van der Waals surface area contributed by atoms with E-state index in [1.54, 1.807) is 26.6 Å². The zero-order chi connectivity index (χ0) is 18.1. The van der Waals surface area contributed by atoms with Crippen LogP contribution in [0.1, 0.15) is 25.5 Å². The Morgan fingerprint density at radius 2 is 1.92 bits per heavy atom. The molecule has 1 fully saturated rings. The summed E-state index contributed by atoms with van der Waals surface area (Å²) in [6.45, 7) is 5.13. The van der Waals surface area contributed by atoms with Gasteiger partial charge in [-0.15, -0.1) is 0 Å². The summed E-state index contributed by atoms with van der Waals surface area (Å²) >= 11 is 0. The molecule has 7 heteroatoms. The largest absolute Gasteiger partial charge is 0.466 e. The third kappa shape index (κ3) is 5.93. The Balaban J connectivity index is 1.94. The molecule has 0 radical (unpaired) electrons. The van der Waals surface area contributed by atoms with Crippen LogP contribution in [0, 0.1) is 11.8 Å². The van der Waals surface area contributed by atoms with Crippen LogP contribution < -0.4 is 4.90 Å². The zero-order valence-electron chi connectivity index (χ0n) is 15.4. The number of hydrogen-bond donors (Lipinski definition) is 0. The maximum Gasteiger partial charge on any atom is 0.309 e. The monoisotopic (exact) mass is 351 g/mol. The summed E-state index contributed by atoms with van der Waals surface area (Å²) in [7, 11) is 3.39. The van der Waals surface area contributed by atoms with Gasteiger partial charge in [0.2, 0.25) is 0 Å². The van der Waals surface area contributed by atoms with E-state index in [0.717, 1.165) is 43.9 Å². The van der Waals surface area contributed by atoms with Crippen LogP contribution in [0.2, 0.25) is 0 Å². The lowest BCUT2D eigenvalue weighted by atomic mass is 9.97. The van der Waals surface area contributed by atoms with Crippen LogP contribution in [0.15, 0.2) is 12.4 Å². The van der Waals surface area contributed by atoms with E-state index in [1.165, 1.54) is 0 Å². The smallest absolute Gasteiger partial charge is 0.309 e. The molecule has 0 aliphatic carbocycles. The fourth-order valence-corrected chi connectivity index (χ4v) is 3.18. The molecule has 0 N–H and O–H groups in total. The van der Waals surface area contributed by atoms with E-state index in [2.05, 4.69) is 9.88 Å². The Kier molecular flexibility index (Phi) is 8.08. The van der Waals surface area contributed by atoms with Gasteiger partial charge in [0.05, 0.1) is 37.6 Å². The normalized spacial score (nSPS) is 15.6. The molecular weight excluding hydrogens is 322 g/mol. The maximum absolute atomic E-state index is 11.8. The highest BCUT2D eigenvalue weighted by Crippen LogP contribution is 2.23. The van der Waals surface area contributed by atoms with Crippen molar-refractivity contribution in [3.05, 3.63) is 18.1 Å². The molecule has 1 aliphatic heterocycles. The van der Waals surface area contributed by atoms with Crippen molar-refractivity contribution in [3.8, 4) is 0 Å². The summed E-state index contributed by atoms with van der Waals surface area (Å²) in [5.74, 6) is 1.05. The molecule has 1 aromatic rings. The van der Waals surface area contributed by atoms with Crippen molar-refractivity contribution < 1.29 is 19.0 Å². The predicted molar refractivity (Wildman–Crippen MR) is 94.5 cm³/mol. The Morgan fingerprint density at radius 3 is 2.52 bits per heavy atom. The van der Waals surface area contributed by atoms with Crippen molar-refractivity contribution in [1.29, 1.82) is 0 Å². The Labute approximate surface area is 149 Å². The molecule has 0 aromatic carbocycles. The van der Waals surface area contributed by atoms with Gasteiger partial charge in [0, 0.05) is 39.4 Å². The average molecular weight is 351 g/mol. The molecule has 0 amide bonds. The quantitative estimate of drug-likeness (QED) is 0.627. The second-order valence-electron chi connectivity index (χ2n) is 6.36. The van der Waals surface area contributed by atoms with Crippen molar-refractivity contribution in [2.75, 3.05) is 52.0 Å². The number of aromatic nitrogens is 2. The second kappa shape index (κ2) is 10.3. The number of carbonyl (C=O) groups excluding carboxylic acids is 1. The molecule has 0 atom stereocenters. The number of piperidine rings is 1. The first kappa shape index (κ1) is 19.6. The fraction of sp³-hybridized carbons (Fsp3) is 0.722. The molecule has 7 nitrogen and oxygen atoms in total. The maximum atomic E-state index is 11.8. The van der Waals surface area contributed by atoms with Crippen LogP contribution in [0.3, 0.4) is 0 Å². The molecule has 1 aliphatic rings. The second-order valence-corrected chi connectivity index (χ2v) is 6.36. The van der Waals surface area contributed by atoms with Crippen LogP contribution in [-0.2, 0) is 25.4 Å². The topological polar surface area (TPSA) is 73.8 Å². The summed E-state index contributed by atoms with van der Waals surface area (Å²) in [6.07, 6.45) is 5.94. The van der Waals surface area contributed by atoms with Crippen LogP contribution in [0.5, 0.6) is 0 Å². The van der Waals surface area contributed by atoms with E-state index >= 15 is 0 Å². The molecule has 0 saturated carbocycles. The van der Waals surface area contributed by atoms with Gasteiger partial charge in [-0.2, -0.15) is 0 Å². The number of rotatable bonds is 9. The predicted octanol–water partition coefficient (Wildman–Crippen LogP) is 1.71. The molecule has 1 aromatic heterocycles. The lowest BCUT2D eigenvalue weighted by Crippen LogP contribution is -2.37. The Bertz CT molecular complexity index is 527. The summed E-state index contributed by atoms with van der Waals surface area (Å²) in [5.41, 5.74) is 0.934. The van der Waals surface area contributed by atoms with Gasteiger partial charge >= 0.3 is 5.97 Å². The van der Waals surface area contributed by atoms with Gasteiger partial charge in [0.15, 0.2) is 0 Å². The highest BCUT2D eigenvalue weighted by atomic mass is 16.5. The minimum absolute atomic E-state index is 0.000119. The molecule has 2 heterocycles. The summed E-state index contributed by atoms with van der Waals surface area (Å²) in [5, 5.41) is 0. The van der Waals surface area contributed by atoms with Crippen LogP contribution in [0.4, 0.5) is 5.82 Å². The van der Waals surface area contributed by atoms with Gasteiger partial charge in [0.25, 0.3) is 0 Å². The Morgan fingerprint density at radius 1 is 1.24 bits per heavy atom. The van der Waals surface area contributed by atoms with Crippen molar-refractivity contribution in [2.45, 2.75) is 26.2 Å². The van der Waals surface area contributed by atoms with Gasteiger partial charge in [-0.1, -0.05) is 0 Å². The van der Waals surface area contributed by atoms with Crippen LogP contribution in [-0.4, -0.2) is 63.1 Å². The number of esters is 1. The van der Waals surface area contributed by atoms with Crippen molar-refractivity contribution in [3.63, 3.8) is 0 Å². The number of carbonyl (C=O) groups is 1.